The summed E-state index contributed by atoms with van der Waals surface area (Å²) in [6.45, 7) is 7.14. The zero-order valence-electron chi connectivity index (χ0n) is 10.6. The minimum absolute atomic E-state index is 0.397. The molecule has 1 N–H and O–H groups in total. The first-order valence-electron chi connectivity index (χ1n) is 6.70. The van der Waals surface area contributed by atoms with E-state index in [1.807, 2.05) is 0 Å². The summed E-state index contributed by atoms with van der Waals surface area (Å²) in [6.07, 6.45) is 5.81. The minimum Gasteiger partial charge on any atom is -0.380 e. The van der Waals surface area contributed by atoms with E-state index in [1.165, 1.54) is 12.8 Å². The molecule has 2 rings (SSSR count). The van der Waals surface area contributed by atoms with Gasteiger partial charge >= 0.3 is 0 Å². The van der Waals surface area contributed by atoms with Crippen molar-refractivity contribution in [3.8, 4) is 0 Å². The molecular formula is C13H25NO2. The van der Waals surface area contributed by atoms with Crippen LogP contribution in [0.15, 0.2) is 0 Å². The molecule has 1 heterocycles. The zero-order valence-corrected chi connectivity index (χ0v) is 10.6. The first kappa shape index (κ1) is 12.3. The van der Waals surface area contributed by atoms with Gasteiger partial charge in [0, 0.05) is 19.2 Å². The molecule has 1 saturated carbocycles. The summed E-state index contributed by atoms with van der Waals surface area (Å²) in [5.41, 5.74) is 0. The Morgan fingerprint density at radius 3 is 2.50 bits per heavy atom. The molecule has 0 spiro atoms. The molecule has 94 valence electrons. The molecule has 2 unspecified atom stereocenters. The Labute approximate surface area is 98.9 Å². The molecule has 0 amide bonds. The van der Waals surface area contributed by atoms with Gasteiger partial charge in [-0.2, -0.15) is 0 Å². The van der Waals surface area contributed by atoms with E-state index < -0.39 is 0 Å². The lowest BCUT2D eigenvalue weighted by Crippen LogP contribution is -2.42. The van der Waals surface area contributed by atoms with Crippen LogP contribution in [0.25, 0.3) is 0 Å². The third kappa shape index (κ3) is 4.40. The largest absolute Gasteiger partial charge is 0.380 e. The Kier molecular flexibility index (Phi) is 4.62. The van der Waals surface area contributed by atoms with Crippen LogP contribution in [0.3, 0.4) is 0 Å². The second-order valence-corrected chi connectivity index (χ2v) is 5.40. The third-order valence-electron chi connectivity index (χ3n) is 3.43. The smallest absolute Gasteiger partial charge is 0.0591 e. The van der Waals surface area contributed by atoms with E-state index in [1.54, 1.807) is 0 Å². The molecule has 1 aliphatic heterocycles. The van der Waals surface area contributed by atoms with E-state index in [9.17, 15) is 0 Å². The summed E-state index contributed by atoms with van der Waals surface area (Å²) in [5.74, 6) is 0.878. The fourth-order valence-electron chi connectivity index (χ4n) is 2.44. The molecule has 0 radical (unpaired) electrons. The number of rotatable bonds is 6. The summed E-state index contributed by atoms with van der Waals surface area (Å²) < 4.78 is 11.3. The maximum absolute atomic E-state index is 5.71. The van der Waals surface area contributed by atoms with Crippen molar-refractivity contribution in [1.82, 2.24) is 5.32 Å². The summed E-state index contributed by atoms with van der Waals surface area (Å²) >= 11 is 0. The van der Waals surface area contributed by atoms with Gasteiger partial charge < -0.3 is 14.8 Å². The van der Waals surface area contributed by atoms with Gasteiger partial charge in [-0.1, -0.05) is 0 Å². The van der Waals surface area contributed by atoms with E-state index >= 15 is 0 Å². The van der Waals surface area contributed by atoms with Crippen molar-refractivity contribution in [2.45, 2.75) is 57.8 Å². The van der Waals surface area contributed by atoms with E-state index in [4.69, 9.17) is 9.47 Å². The van der Waals surface area contributed by atoms with Crippen molar-refractivity contribution >= 4 is 0 Å². The molecule has 1 saturated heterocycles. The van der Waals surface area contributed by atoms with Crippen LogP contribution in [0.4, 0.5) is 0 Å². The van der Waals surface area contributed by atoms with E-state index in [0.29, 0.717) is 18.2 Å². The van der Waals surface area contributed by atoms with Crippen molar-refractivity contribution in [2.75, 3.05) is 19.8 Å². The van der Waals surface area contributed by atoms with Gasteiger partial charge in [0.15, 0.2) is 0 Å². The van der Waals surface area contributed by atoms with Crippen LogP contribution in [0.1, 0.15) is 39.5 Å². The topological polar surface area (TPSA) is 30.5 Å². The monoisotopic (exact) mass is 227 g/mol. The van der Waals surface area contributed by atoms with Crippen molar-refractivity contribution in [3.05, 3.63) is 0 Å². The van der Waals surface area contributed by atoms with Gasteiger partial charge in [-0.15, -0.1) is 0 Å². The predicted octanol–water partition coefficient (Wildman–Crippen LogP) is 1.96. The first-order chi connectivity index (χ1) is 7.74. The molecule has 16 heavy (non-hydrogen) atoms. The Balaban J connectivity index is 1.50. The number of nitrogens with one attached hydrogen (secondary N) is 1. The molecule has 0 aromatic rings. The highest BCUT2D eigenvalue weighted by Crippen LogP contribution is 2.28. The van der Waals surface area contributed by atoms with Crippen molar-refractivity contribution < 1.29 is 9.47 Å². The van der Waals surface area contributed by atoms with E-state index in [0.717, 1.165) is 38.5 Å². The molecule has 3 heteroatoms. The third-order valence-corrected chi connectivity index (χ3v) is 3.43. The molecule has 3 nitrogen and oxygen atoms in total. The molecule has 0 aromatic heterocycles. The van der Waals surface area contributed by atoms with Crippen LogP contribution in [-0.4, -0.2) is 38.0 Å². The lowest BCUT2D eigenvalue weighted by Gasteiger charge is -2.32. The molecule has 0 aromatic carbocycles. The summed E-state index contributed by atoms with van der Waals surface area (Å²) in [5, 5.41) is 3.57. The standard InChI is InChI=1S/C13H25NO2/c1-10-7-13(8-11(2)16-10)14-5-6-15-9-12-3-4-12/h10-14H,3-9H2,1-2H3. The summed E-state index contributed by atoms with van der Waals surface area (Å²) in [7, 11) is 0. The molecule has 0 bridgehead atoms. The number of hydrogen-bond acceptors (Lipinski definition) is 3. The van der Waals surface area contributed by atoms with Crippen LogP contribution >= 0.6 is 0 Å². The fraction of sp³-hybridized carbons (Fsp3) is 1.00. The molecule has 1 aliphatic carbocycles. The van der Waals surface area contributed by atoms with Gasteiger partial charge in [0.25, 0.3) is 0 Å². The molecule has 2 atom stereocenters. The summed E-state index contributed by atoms with van der Waals surface area (Å²) in [6, 6.07) is 0.614. The Bertz CT molecular complexity index is 196. The highest BCUT2D eigenvalue weighted by molar-refractivity contribution is 4.78. The van der Waals surface area contributed by atoms with Crippen molar-refractivity contribution in [1.29, 1.82) is 0 Å². The van der Waals surface area contributed by atoms with Crippen LogP contribution in [0, 0.1) is 5.92 Å². The van der Waals surface area contributed by atoms with Gasteiger partial charge in [-0.25, -0.2) is 0 Å². The second-order valence-electron chi connectivity index (χ2n) is 5.40. The molecule has 2 fully saturated rings. The minimum atomic E-state index is 0.397. The van der Waals surface area contributed by atoms with Gasteiger partial charge in [0.1, 0.15) is 0 Å². The Hall–Kier alpha value is -0.120. The normalized spacial score (nSPS) is 35.2. The lowest BCUT2D eigenvalue weighted by molar-refractivity contribution is -0.0428. The number of hydrogen-bond donors (Lipinski definition) is 1. The van der Waals surface area contributed by atoms with Crippen LogP contribution in [-0.2, 0) is 9.47 Å². The van der Waals surface area contributed by atoms with Crippen molar-refractivity contribution in [3.63, 3.8) is 0 Å². The van der Waals surface area contributed by atoms with E-state index in [-0.39, 0.29) is 0 Å². The van der Waals surface area contributed by atoms with Gasteiger partial charge in [-0.3, -0.25) is 0 Å². The highest BCUT2D eigenvalue weighted by Gasteiger charge is 2.24. The molecular weight excluding hydrogens is 202 g/mol. The number of ether oxygens (including phenoxy) is 2. The predicted molar refractivity (Wildman–Crippen MR) is 64.6 cm³/mol. The van der Waals surface area contributed by atoms with E-state index in [2.05, 4.69) is 19.2 Å². The average molecular weight is 227 g/mol. The van der Waals surface area contributed by atoms with Gasteiger partial charge in [0.2, 0.25) is 0 Å². The van der Waals surface area contributed by atoms with Gasteiger partial charge in [0.05, 0.1) is 18.8 Å². The SMILES string of the molecule is CC1CC(NCCOCC2CC2)CC(C)O1. The van der Waals surface area contributed by atoms with Crippen LogP contribution in [0.5, 0.6) is 0 Å². The lowest BCUT2D eigenvalue weighted by atomic mass is 10.00. The Morgan fingerprint density at radius 1 is 1.19 bits per heavy atom. The summed E-state index contributed by atoms with van der Waals surface area (Å²) in [4.78, 5) is 0. The maximum Gasteiger partial charge on any atom is 0.0591 e. The highest BCUT2D eigenvalue weighted by atomic mass is 16.5. The van der Waals surface area contributed by atoms with Crippen molar-refractivity contribution in [2.24, 2.45) is 5.92 Å². The second kappa shape index (κ2) is 5.99. The van der Waals surface area contributed by atoms with Gasteiger partial charge in [-0.05, 0) is 45.4 Å². The first-order valence-corrected chi connectivity index (χ1v) is 6.70. The fourth-order valence-corrected chi connectivity index (χ4v) is 2.44. The quantitative estimate of drug-likeness (QED) is 0.704. The maximum atomic E-state index is 5.71. The zero-order chi connectivity index (χ0) is 11.4. The van der Waals surface area contributed by atoms with Crippen LogP contribution < -0.4 is 5.32 Å². The molecule has 2 aliphatic rings. The Morgan fingerprint density at radius 2 is 1.88 bits per heavy atom. The van der Waals surface area contributed by atoms with Crippen LogP contribution in [0.2, 0.25) is 0 Å². The average Bonchev–Trinajstić information content (AvgIpc) is 2.99.